The molecule has 5 nitrogen and oxygen atoms in total. The molecule has 1 aromatic rings. The van der Waals surface area contributed by atoms with Crippen LogP contribution in [0.15, 0.2) is 18.2 Å². The van der Waals surface area contributed by atoms with E-state index in [0.717, 1.165) is 17.7 Å². The Labute approximate surface area is 121 Å². The molecule has 0 aliphatic heterocycles. The lowest BCUT2D eigenvalue weighted by Crippen LogP contribution is -2.09. The Hall–Kier alpha value is -1.27. The number of rotatable bonds is 9. The number of hydrogen-bond donors (Lipinski definition) is 1. The fraction of sp³-hybridized carbons (Fsp3) is 0.571. The van der Waals surface area contributed by atoms with Crippen LogP contribution in [0.5, 0.6) is 11.5 Å². The molecule has 0 heterocycles. The van der Waals surface area contributed by atoms with E-state index in [1.54, 1.807) is 6.07 Å². The molecule has 1 aromatic carbocycles. The smallest absolute Gasteiger partial charge is 0.147 e. The van der Waals surface area contributed by atoms with E-state index in [9.17, 15) is 8.42 Å². The molecule has 114 valence electrons. The van der Waals surface area contributed by atoms with E-state index in [4.69, 9.17) is 15.2 Å². The van der Waals surface area contributed by atoms with E-state index >= 15 is 0 Å². The maximum Gasteiger partial charge on any atom is 0.147 e. The van der Waals surface area contributed by atoms with Gasteiger partial charge in [-0.25, -0.2) is 8.42 Å². The van der Waals surface area contributed by atoms with E-state index < -0.39 is 9.84 Å². The number of sulfone groups is 1. The SMILES string of the molecule is CCCOc1ccc(CN)c(OCCCS(C)(=O)=O)c1. The molecule has 0 aliphatic rings. The molecule has 0 fully saturated rings. The Morgan fingerprint density at radius 3 is 2.55 bits per heavy atom. The van der Waals surface area contributed by atoms with Crippen LogP contribution in [-0.2, 0) is 16.4 Å². The number of hydrogen-bond acceptors (Lipinski definition) is 5. The zero-order valence-electron chi connectivity index (χ0n) is 12.1. The Balaban J connectivity index is 2.61. The molecule has 6 heteroatoms. The van der Waals surface area contributed by atoms with Gasteiger partial charge >= 0.3 is 0 Å². The van der Waals surface area contributed by atoms with Crippen molar-refractivity contribution in [1.29, 1.82) is 0 Å². The van der Waals surface area contributed by atoms with Crippen LogP contribution >= 0.6 is 0 Å². The van der Waals surface area contributed by atoms with E-state index in [2.05, 4.69) is 0 Å². The molecule has 0 aliphatic carbocycles. The lowest BCUT2D eigenvalue weighted by Gasteiger charge is -2.12. The fourth-order valence-electron chi connectivity index (χ4n) is 1.65. The third-order valence-electron chi connectivity index (χ3n) is 2.65. The molecule has 1 rings (SSSR count). The van der Waals surface area contributed by atoms with E-state index in [1.807, 2.05) is 19.1 Å². The van der Waals surface area contributed by atoms with Crippen LogP contribution < -0.4 is 15.2 Å². The van der Waals surface area contributed by atoms with Gasteiger partial charge in [-0.1, -0.05) is 13.0 Å². The van der Waals surface area contributed by atoms with E-state index in [1.165, 1.54) is 6.26 Å². The highest BCUT2D eigenvalue weighted by Gasteiger charge is 2.06. The number of benzene rings is 1. The predicted octanol–water partition coefficient (Wildman–Crippen LogP) is 1.75. The summed E-state index contributed by atoms with van der Waals surface area (Å²) in [7, 11) is -2.94. The van der Waals surface area contributed by atoms with Crippen molar-refractivity contribution < 1.29 is 17.9 Å². The van der Waals surface area contributed by atoms with Crippen molar-refractivity contribution in [2.45, 2.75) is 26.3 Å². The van der Waals surface area contributed by atoms with Crippen molar-refractivity contribution in [3.05, 3.63) is 23.8 Å². The summed E-state index contributed by atoms with van der Waals surface area (Å²) in [5, 5.41) is 0. The minimum absolute atomic E-state index is 0.122. The van der Waals surface area contributed by atoms with Gasteiger partial charge in [0.25, 0.3) is 0 Å². The first-order valence-corrected chi connectivity index (χ1v) is 8.78. The first-order valence-electron chi connectivity index (χ1n) is 6.72. The molecule has 0 saturated carbocycles. The summed E-state index contributed by atoms with van der Waals surface area (Å²) in [6.07, 6.45) is 2.61. The van der Waals surface area contributed by atoms with Gasteiger partial charge in [0.05, 0.1) is 19.0 Å². The van der Waals surface area contributed by atoms with Gasteiger partial charge in [-0.3, -0.25) is 0 Å². The van der Waals surface area contributed by atoms with Gasteiger partial charge in [0, 0.05) is 24.4 Å². The second kappa shape index (κ2) is 8.11. The highest BCUT2D eigenvalue weighted by atomic mass is 32.2. The maximum atomic E-state index is 11.0. The predicted molar refractivity (Wildman–Crippen MR) is 79.9 cm³/mol. The van der Waals surface area contributed by atoms with Gasteiger partial charge in [0.15, 0.2) is 0 Å². The zero-order chi connectivity index (χ0) is 15.0. The molecule has 0 radical (unpaired) electrons. The lowest BCUT2D eigenvalue weighted by atomic mass is 10.2. The van der Waals surface area contributed by atoms with Crippen molar-refractivity contribution >= 4 is 9.84 Å². The summed E-state index contributed by atoms with van der Waals surface area (Å²) >= 11 is 0. The Morgan fingerprint density at radius 1 is 1.20 bits per heavy atom. The van der Waals surface area contributed by atoms with Gasteiger partial charge < -0.3 is 15.2 Å². The molecule has 0 saturated heterocycles. The molecule has 0 atom stereocenters. The van der Waals surface area contributed by atoms with Gasteiger partial charge in [-0.2, -0.15) is 0 Å². The summed E-state index contributed by atoms with van der Waals surface area (Å²) in [4.78, 5) is 0. The van der Waals surface area contributed by atoms with Gasteiger partial charge in [-0.05, 0) is 18.9 Å². The molecule has 0 aromatic heterocycles. The topological polar surface area (TPSA) is 78.6 Å². The van der Waals surface area contributed by atoms with Crippen LogP contribution in [0.1, 0.15) is 25.3 Å². The summed E-state index contributed by atoms with van der Waals surface area (Å²) in [6.45, 7) is 3.40. The summed E-state index contributed by atoms with van der Waals surface area (Å²) in [5.41, 5.74) is 6.54. The molecule has 0 unspecified atom stereocenters. The van der Waals surface area contributed by atoms with Gasteiger partial charge in [-0.15, -0.1) is 0 Å². The molecule has 20 heavy (non-hydrogen) atoms. The summed E-state index contributed by atoms with van der Waals surface area (Å²) in [6, 6.07) is 5.54. The van der Waals surface area contributed by atoms with E-state index in [-0.39, 0.29) is 5.75 Å². The van der Waals surface area contributed by atoms with Crippen molar-refractivity contribution in [3.63, 3.8) is 0 Å². The molecule has 0 bridgehead atoms. The van der Waals surface area contributed by atoms with Crippen LogP contribution in [0, 0.1) is 0 Å². The van der Waals surface area contributed by atoms with Crippen molar-refractivity contribution in [1.82, 2.24) is 0 Å². The fourth-order valence-corrected chi connectivity index (χ4v) is 2.29. The average Bonchev–Trinajstić information content (AvgIpc) is 2.40. The first kappa shape index (κ1) is 16.8. The van der Waals surface area contributed by atoms with E-state index in [0.29, 0.717) is 31.9 Å². The van der Waals surface area contributed by atoms with Crippen LogP contribution in [0.3, 0.4) is 0 Å². The van der Waals surface area contributed by atoms with Crippen molar-refractivity contribution in [2.75, 3.05) is 25.2 Å². The standard InChI is InChI=1S/C14H23NO4S/c1-3-7-18-13-6-5-12(11-15)14(10-13)19-8-4-9-20(2,16)17/h5-6,10H,3-4,7-9,11,15H2,1-2H3. The molecular formula is C14H23NO4S. The third-order valence-corrected chi connectivity index (χ3v) is 3.68. The Kier molecular flexibility index (Phi) is 6.81. The number of nitrogens with two attached hydrogens (primary N) is 1. The van der Waals surface area contributed by atoms with Crippen molar-refractivity contribution in [2.24, 2.45) is 5.73 Å². The Morgan fingerprint density at radius 2 is 1.95 bits per heavy atom. The molecule has 2 N–H and O–H groups in total. The molecule has 0 spiro atoms. The van der Waals surface area contributed by atoms with Crippen LogP contribution in [0.25, 0.3) is 0 Å². The largest absolute Gasteiger partial charge is 0.493 e. The second-order valence-corrected chi connectivity index (χ2v) is 6.91. The lowest BCUT2D eigenvalue weighted by molar-refractivity contribution is 0.299. The van der Waals surface area contributed by atoms with Crippen LogP contribution in [0.2, 0.25) is 0 Å². The average molecular weight is 301 g/mol. The highest BCUT2D eigenvalue weighted by Crippen LogP contribution is 2.25. The third kappa shape index (κ3) is 6.25. The van der Waals surface area contributed by atoms with Gasteiger partial charge in [0.1, 0.15) is 21.3 Å². The maximum absolute atomic E-state index is 11.0. The monoisotopic (exact) mass is 301 g/mol. The van der Waals surface area contributed by atoms with Gasteiger partial charge in [0.2, 0.25) is 0 Å². The summed E-state index contributed by atoms with van der Waals surface area (Å²) < 4.78 is 33.2. The van der Waals surface area contributed by atoms with Crippen LogP contribution in [0.4, 0.5) is 0 Å². The summed E-state index contributed by atoms with van der Waals surface area (Å²) in [5.74, 6) is 1.52. The van der Waals surface area contributed by atoms with Crippen LogP contribution in [-0.4, -0.2) is 33.6 Å². The minimum atomic E-state index is -2.94. The Bertz CT molecular complexity index is 514. The molecular weight excluding hydrogens is 278 g/mol. The highest BCUT2D eigenvalue weighted by molar-refractivity contribution is 7.90. The zero-order valence-corrected chi connectivity index (χ0v) is 12.9. The normalized spacial score (nSPS) is 11.3. The quantitative estimate of drug-likeness (QED) is 0.703. The number of ether oxygens (including phenoxy) is 2. The second-order valence-electron chi connectivity index (χ2n) is 4.65. The molecule has 0 amide bonds. The minimum Gasteiger partial charge on any atom is -0.493 e. The van der Waals surface area contributed by atoms with Crippen molar-refractivity contribution in [3.8, 4) is 11.5 Å². The first-order chi connectivity index (χ1) is 9.46.